The Hall–Kier alpha value is -1.59. The van der Waals surface area contributed by atoms with Crippen LogP contribution in [0.4, 0.5) is 0 Å². The van der Waals surface area contributed by atoms with E-state index in [0.29, 0.717) is 5.56 Å². The van der Waals surface area contributed by atoms with E-state index >= 15 is 0 Å². The number of carbonyl (C=O) groups is 1. The molecule has 1 unspecified atom stereocenters. The average molecular weight is 279 g/mol. The van der Waals surface area contributed by atoms with Crippen molar-refractivity contribution in [1.82, 2.24) is 4.90 Å². The van der Waals surface area contributed by atoms with E-state index in [0.717, 1.165) is 26.0 Å². The number of nitrogens with zero attached hydrogens (tertiary/aromatic N) is 1. The molecular weight excluding hydrogens is 258 g/mol. The molecule has 2 rings (SSSR count). The van der Waals surface area contributed by atoms with Crippen molar-refractivity contribution in [3.05, 3.63) is 23.8 Å². The van der Waals surface area contributed by atoms with Crippen LogP contribution < -0.4 is 0 Å². The van der Waals surface area contributed by atoms with Crippen molar-refractivity contribution in [2.45, 2.75) is 25.4 Å². The highest BCUT2D eigenvalue weighted by Gasteiger charge is 2.18. The lowest BCUT2D eigenvalue weighted by molar-refractivity contribution is -0.000670. The van der Waals surface area contributed by atoms with Gasteiger partial charge in [0.15, 0.2) is 17.3 Å². The molecule has 0 radical (unpaired) electrons. The molecule has 20 heavy (non-hydrogen) atoms. The van der Waals surface area contributed by atoms with Crippen LogP contribution >= 0.6 is 0 Å². The Morgan fingerprint density at radius 1 is 1.35 bits per heavy atom. The van der Waals surface area contributed by atoms with Crippen LogP contribution in [0.1, 0.15) is 29.6 Å². The van der Waals surface area contributed by atoms with E-state index in [1.165, 1.54) is 24.6 Å². The molecule has 2 N–H and O–H groups in total. The lowest BCUT2D eigenvalue weighted by Gasteiger charge is -2.27. The first kappa shape index (κ1) is 14.8. The average Bonchev–Trinajstić information content (AvgIpc) is 2.42. The van der Waals surface area contributed by atoms with Crippen molar-refractivity contribution in [3.8, 4) is 11.5 Å². The predicted molar refractivity (Wildman–Crippen MR) is 75.2 cm³/mol. The van der Waals surface area contributed by atoms with Crippen molar-refractivity contribution in [2.75, 3.05) is 26.7 Å². The van der Waals surface area contributed by atoms with Gasteiger partial charge in [-0.05, 0) is 44.5 Å². The molecule has 1 aliphatic heterocycles. The topological polar surface area (TPSA) is 70.0 Å². The summed E-state index contributed by atoms with van der Waals surface area (Å²) in [7, 11) is 1.89. The zero-order valence-electron chi connectivity index (χ0n) is 11.7. The Balaban J connectivity index is 1.87. The summed E-state index contributed by atoms with van der Waals surface area (Å²) in [5.41, 5.74) is 0.400. The molecule has 1 atom stereocenters. The highest BCUT2D eigenvalue weighted by Crippen LogP contribution is 2.25. The highest BCUT2D eigenvalue weighted by atomic mass is 16.5. The first-order chi connectivity index (χ1) is 9.56. The minimum absolute atomic E-state index is 0.0846. The molecule has 110 valence electrons. The Morgan fingerprint density at radius 2 is 2.15 bits per heavy atom. The van der Waals surface area contributed by atoms with Gasteiger partial charge >= 0.3 is 0 Å². The third-order valence-electron chi connectivity index (χ3n) is 3.50. The maximum atomic E-state index is 12.1. The summed E-state index contributed by atoms with van der Waals surface area (Å²) >= 11 is 0. The van der Waals surface area contributed by atoms with Gasteiger partial charge in [0.05, 0.1) is 12.6 Å². The van der Waals surface area contributed by atoms with Crippen molar-refractivity contribution in [3.63, 3.8) is 0 Å². The van der Waals surface area contributed by atoms with Gasteiger partial charge in [-0.2, -0.15) is 0 Å². The molecule has 1 aromatic rings. The van der Waals surface area contributed by atoms with Crippen LogP contribution in [0.2, 0.25) is 0 Å². The zero-order chi connectivity index (χ0) is 14.5. The molecular formula is C15H21NO4. The van der Waals surface area contributed by atoms with Crippen LogP contribution in [0.25, 0.3) is 0 Å². The molecule has 5 nitrogen and oxygen atoms in total. The van der Waals surface area contributed by atoms with Crippen molar-refractivity contribution in [2.24, 2.45) is 0 Å². The normalized spacial score (nSPS) is 19.2. The highest BCUT2D eigenvalue weighted by molar-refractivity contribution is 5.98. The first-order valence-corrected chi connectivity index (χ1v) is 6.91. The molecule has 1 aliphatic rings. The third kappa shape index (κ3) is 3.95. The van der Waals surface area contributed by atoms with Gasteiger partial charge in [0.1, 0.15) is 0 Å². The largest absolute Gasteiger partial charge is 0.504 e. The second-order valence-electron chi connectivity index (χ2n) is 5.31. The molecule has 5 heteroatoms. The monoisotopic (exact) mass is 279 g/mol. The van der Waals surface area contributed by atoms with Crippen molar-refractivity contribution < 1.29 is 19.7 Å². The minimum Gasteiger partial charge on any atom is -0.504 e. The second kappa shape index (κ2) is 6.72. The SMILES string of the molecule is CN(CC(=O)c1ccc(O)c(O)c1)CC1CCCCO1. The fraction of sp³-hybridized carbons (Fsp3) is 0.533. The Bertz CT molecular complexity index is 469. The van der Waals surface area contributed by atoms with Crippen LogP contribution in [-0.2, 0) is 4.74 Å². The number of rotatable bonds is 5. The standard InChI is InChI=1S/C15H21NO4/c1-16(9-12-4-2-3-7-20-12)10-15(19)11-5-6-13(17)14(18)8-11/h5-6,8,12,17-18H,2-4,7,9-10H2,1H3. The van der Waals surface area contributed by atoms with E-state index in [2.05, 4.69) is 0 Å². The molecule has 0 bridgehead atoms. The quantitative estimate of drug-likeness (QED) is 0.635. The van der Waals surface area contributed by atoms with E-state index in [9.17, 15) is 15.0 Å². The smallest absolute Gasteiger partial charge is 0.176 e. The fourth-order valence-electron chi connectivity index (χ4n) is 2.40. The number of ketones is 1. The molecule has 1 heterocycles. The van der Waals surface area contributed by atoms with E-state index in [1.54, 1.807) is 0 Å². The zero-order valence-corrected chi connectivity index (χ0v) is 11.7. The number of carbonyl (C=O) groups excluding carboxylic acids is 1. The number of phenolic OH excluding ortho intramolecular Hbond substituents is 2. The lowest BCUT2D eigenvalue weighted by Crippen LogP contribution is -2.36. The number of hydrogen-bond donors (Lipinski definition) is 2. The number of aromatic hydroxyl groups is 2. The maximum absolute atomic E-state index is 12.1. The number of phenols is 2. The van der Waals surface area contributed by atoms with E-state index < -0.39 is 0 Å². The van der Waals surface area contributed by atoms with E-state index in [4.69, 9.17) is 4.74 Å². The van der Waals surface area contributed by atoms with Gasteiger partial charge in [0, 0.05) is 18.7 Å². The Labute approximate surface area is 118 Å². The van der Waals surface area contributed by atoms with E-state index in [-0.39, 0.29) is 29.9 Å². The number of likely N-dealkylation sites (N-methyl/N-ethyl adjacent to an activating group) is 1. The van der Waals surface area contributed by atoms with Crippen LogP contribution in [0, 0.1) is 0 Å². The summed E-state index contributed by atoms with van der Waals surface area (Å²) in [5.74, 6) is -0.571. The number of hydrogen-bond acceptors (Lipinski definition) is 5. The van der Waals surface area contributed by atoms with Crippen LogP contribution in [-0.4, -0.2) is 53.7 Å². The Morgan fingerprint density at radius 3 is 2.80 bits per heavy atom. The predicted octanol–water partition coefficient (Wildman–Crippen LogP) is 1.78. The molecule has 0 aliphatic carbocycles. The van der Waals surface area contributed by atoms with Gasteiger partial charge in [-0.15, -0.1) is 0 Å². The van der Waals surface area contributed by atoms with Crippen molar-refractivity contribution in [1.29, 1.82) is 0 Å². The van der Waals surface area contributed by atoms with Gasteiger partial charge < -0.3 is 14.9 Å². The molecule has 0 saturated carbocycles. The second-order valence-corrected chi connectivity index (χ2v) is 5.31. The van der Waals surface area contributed by atoms with Crippen LogP contribution in [0.3, 0.4) is 0 Å². The molecule has 1 fully saturated rings. The van der Waals surface area contributed by atoms with Crippen LogP contribution in [0.15, 0.2) is 18.2 Å². The summed E-state index contributed by atoms with van der Waals surface area (Å²) in [6, 6.07) is 4.14. The van der Waals surface area contributed by atoms with Crippen LogP contribution in [0.5, 0.6) is 11.5 Å². The van der Waals surface area contributed by atoms with Gasteiger partial charge in [-0.1, -0.05) is 0 Å². The Kier molecular flexibility index (Phi) is 4.98. The van der Waals surface area contributed by atoms with Gasteiger partial charge in [0.2, 0.25) is 0 Å². The van der Waals surface area contributed by atoms with Gasteiger partial charge in [-0.3, -0.25) is 9.69 Å². The molecule has 0 aromatic heterocycles. The summed E-state index contributed by atoms with van der Waals surface area (Å²) in [6.45, 7) is 1.80. The molecule has 0 spiro atoms. The summed E-state index contributed by atoms with van der Waals surface area (Å²) in [5, 5.41) is 18.6. The first-order valence-electron chi connectivity index (χ1n) is 6.91. The molecule has 0 amide bonds. The molecule has 1 aromatic carbocycles. The summed E-state index contributed by atoms with van der Waals surface area (Å²) in [6.07, 6.45) is 3.54. The van der Waals surface area contributed by atoms with Gasteiger partial charge in [-0.25, -0.2) is 0 Å². The van der Waals surface area contributed by atoms with Gasteiger partial charge in [0.25, 0.3) is 0 Å². The van der Waals surface area contributed by atoms with E-state index in [1.807, 2.05) is 11.9 Å². The molecule has 1 saturated heterocycles. The number of Topliss-reactive ketones (excluding diaryl/α,β-unsaturated/α-hetero) is 1. The van der Waals surface area contributed by atoms with Crippen molar-refractivity contribution >= 4 is 5.78 Å². The number of ether oxygens (including phenoxy) is 1. The summed E-state index contributed by atoms with van der Waals surface area (Å²) < 4.78 is 5.64. The summed E-state index contributed by atoms with van der Waals surface area (Å²) in [4.78, 5) is 14.0. The fourth-order valence-corrected chi connectivity index (χ4v) is 2.40. The number of benzene rings is 1. The maximum Gasteiger partial charge on any atom is 0.176 e. The third-order valence-corrected chi connectivity index (χ3v) is 3.50. The lowest BCUT2D eigenvalue weighted by atomic mass is 10.1. The minimum atomic E-state index is -0.269.